The summed E-state index contributed by atoms with van der Waals surface area (Å²) in [4.78, 5) is 12.1. The van der Waals surface area contributed by atoms with Gasteiger partial charge in [-0.2, -0.15) is 0 Å². The van der Waals surface area contributed by atoms with Crippen LogP contribution in [0.4, 0.5) is 0 Å². The first-order valence-corrected chi connectivity index (χ1v) is 6.79. The third-order valence-electron chi connectivity index (χ3n) is 4.25. The average Bonchev–Trinajstić information content (AvgIpc) is 2.26. The minimum atomic E-state index is -0.345. The molecule has 1 heterocycles. The Kier molecular flexibility index (Phi) is 3.48. The summed E-state index contributed by atoms with van der Waals surface area (Å²) in [6.45, 7) is 8.02. The Bertz CT molecular complexity index is 296. The monoisotopic (exact) mass is 240 g/mol. The van der Waals surface area contributed by atoms with E-state index in [2.05, 4.69) is 0 Å². The van der Waals surface area contributed by atoms with E-state index in [9.17, 15) is 4.79 Å². The first-order valence-electron chi connectivity index (χ1n) is 6.79. The molecule has 2 rings (SSSR count). The maximum absolute atomic E-state index is 12.1. The Morgan fingerprint density at radius 1 is 1.29 bits per heavy atom. The van der Waals surface area contributed by atoms with Crippen molar-refractivity contribution in [2.75, 3.05) is 0 Å². The summed E-state index contributed by atoms with van der Waals surface area (Å²) in [5.41, 5.74) is -0.345. The van der Waals surface area contributed by atoms with Crippen LogP contribution < -0.4 is 0 Å². The number of ether oxygens (including phenoxy) is 2. The zero-order valence-electron chi connectivity index (χ0n) is 11.4. The molecule has 0 radical (unpaired) electrons. The molecular formula is C14H24O3. The van der Waals surface area contributed by atoms with Crippen molar-refractivity contribution in [1.29, 1.82) is 0 Å². The number of fused-ring (bicyclic) bond motifs is 1. The van der Waals surface area contributed by atoms with Crippen molar-refractivity contribution in [2.45, 2.75) is 65.8 Å². The molecule has 0 aromatic carbocycles. The minimum absolute atomic E-state index is 0.0914. The van der Waals surface area contributed by atoms with Crippen LogP contribution in [0.5, 0.6) is 0 Å². The van der Waals surface area contributed by atoms with Gasteiger partial charge in [0, 0.05) is 5.92 Å². The molecule has 17 heavy (non-hydrogen) atoms. The summed E-state index contributed by atoms with van der Waals surface area (Å²) in [5.74, 6) is 0.714. The van der Waals surface area contributed by atoms with Gasteiger partial charge in [-0.3, -0.25) is 4.79 Å². The van der Waals surface area contributed by atoms with Crippen molar-refractivity contribution < 1.29 is 14.3 Å². The molecule has 1 saturated carbocycles. The molecule has 2 unspecified atom stereocenters. The molecule has 0 bridgehead atoms. The van der Waals surface area contributed by atoms with E-state index in [1.165, 1.54) is 12.8 Å². The Labute approximate surface area is 104 Å². The second-order valence-corrected chi connectivity index (χ2v) is 6.24. The van der Waals surface area contributed by atoms with Gasteiger partial charge in [-0.1, -0.05) is 12.8 Å². The molecule has 2 fully saturated rings. The summed E-state index contributed by atoms with van der Waals surface area (Å²) in [5, 5.41) is 0. The highest BCUT2D eigenvalue weighted by Crippen LogP contribution is 2.48. The second kappa shape index (κ2) is 4.60. The van der Waals surface area contributed by atoms with Gasteiger partial charge in [0.25, 0.3) is 0 Å². The molecule has 0 amide bonds. The fourth-order valence-corrected chi connectivity index (χ4v) is 3.27. The molecule has 98 valence electrons. The van der Waals surface area contributed by atoms with Gasteiger partial charge in [-0.05, 0) is 46.5 Å². The number of hydrogen-bond acceptors (Lipinski definition) is 3. The maximum Gasteiger partial charge on any atom is 0.314 e. The second-order valence-electron chi connectivity index (χ2n) is 6.24. The quantitative estimate of drug-likeness (QED) is 0.696. The van der Waals surface area contributed by atoms with E-state index in [0.29, 0.717) is 11.8 Å². The Balaban J connectivity index is 2.19. The highest BCUT2D eigenvalue weighted by Gasteiger charge is 2.52. The van der Waals surface area contributed by atoms with E-state index in [-0.39, 0.29) is 23.8 Å². The summed E-state index contributed by atoms with van der Waals surface area (Å²) in [6, 6.07) is 0. The molecule has 0 N–H and O–H groups in total. The third-order valence-corrected chi connectivity index (χ3v) is 4.25. The number of carbonyl (C=O) groups excluding carboxylic acids is 1. The van der Waals surface area contributed by atoms with Crippen LogP contribution in [0.3, 0.4) is 0 Å². The summed E-state index contributed by atoms with van der Waals surface area (Å²) >= 11 is 0. The molecule has 1 aliphatic carbocycles. The first-order chi connectivity index (χ1) is 7.93. The molecule has 1 aliphatic heterocycles. The Morgan fingerprint density at radius 2 is 1.94 bits per heavy atom. The lowest BCUT2D eigenvalue weighted by Gasteiger charge is -2.48. The van der Waals surface area contributed by atoms with Crippen LogP contribution in [0.15, 0.2) is 0 Å². The first kappa shape index (κ1) is 12.9. The van der Waals surface area contributed by atoms with Gasteiger partial charge < -0.3 is 9.47 Å². The molecular weight excluding hydrogens is 216 g/mol. The standard InChI is InChI=1S/C14H24O3/c1-9(2)16-12-10-7-5-6-8-11(10)14(3,4)13(15)17-12/h9-12H,5-8H2,1-4H3/t10?,11-,12?/m1/s1. The van der Waals surface area contributed by atoms with E-state index in [1.54, 1.807) is 0 Å². The maximum atomic E-state index is 12.1. The van der Waals surface area contributed by atoms with Crippen molar-refractivity contribution in [1.82, 2.24) is 0 Å². The average molecular weight is 240 g/mol. The number of esters is 1. The predicted molar refractivity (Wildman–Crippen MR) is 65.3 cm³/mol. The molecule has 2 aliphatic rings. The van der Waals surface area contributed by atoms with Gasteiger partial charge >= 0.3 is 5.97 Å². The van der Waals surface area contributed by atoms with Crippen LogP contribution in [0.25, 0.3) is 0 Å². The van der Waals surface area contributed by atoms with Crippen LogP contribution >= 0.6 is 0 Å². The van der Waals surface area contributed by atoms with Gasteiger partial charge in [0.1, 0.15) is 0 Å². The minimum Gasteiger partial charge on any atom is -0.435 e. The number of cyclic esters (lactones) is 1. The van der Waals surface area contributed by atoms with E-state index in [4.69, 9.17) is 9.47 Å². The van der Waals surface area contributed by atoms with E-state index >= 15 is 0 Å². The van der Waals surface area contributed by atoms with Crippen molar-refractivity contribution in [2.24, 2.45) is 17.3 Å². The number of rotatable bonds is 2. The SMILES string of the molecule is CC(C)OC1OC(=O)C(C)(C)[C@@H]2CCCCC12. The molecule has 1 saturated heterocycles. The van der Waals surface area contributed by atoms with Gasteiger partial charge in [-0.15, -0.1) is 0 Å². The summed E-state index contributed by atoms with van der Waals surface area (Å²) in [7, 11) is 0. The Morgan fingerprint density at radius 3 is 2.59 bits per heavy atom. The van der Waals surface area contributed by atoms with E-state index in [1.807, 2.05) is 27.7 Å². The van der Waals surface area contributed by atoms with Crippen molar-refractivity contribution >= 4 is 5.97 Å². The van der Waals surface area contributed by atoms with Gasteiger partial charge in [0.2, 0.25) is 6.29 Å². The van der Waals surface area contributed by atoms with E-state index in [0.717, 1.165) is 12.8 Å². The van der Waals surface area contributed by atoms with Crippen molar-refractivity contribution in [3.8, 4) is 0 Å². The summed E-state index contributed by atoms with van der Waals surface area (Å²) < 4.78 is 11.3. The summed E-state index contributed by atoms with van der Waals surface area (Å²) in [6.07, 6.45) is 4.50. The zero-order chi connectivity index (χ0) is 12.6. The van der Waals surface area contributed by atoms with Crippen LogP contribution in [0, 0.1) is 17.3 Å². The van der Waals surface area contributed by atoms with Crippen LogP contribution in [-0.2, 0) is 14.3 Å². The molecule has 3 nitrogen and oxygen atoms in total. The highest BCUT2D eigenvalue weighted by molar-refractivity contribution is 5.77. The number of hydrogen-bond donors (Lipinski definition) is 0. The lowest BCUT2D eigenvalue weighted by atomic mass is 9.64. The van der Waals surface area contributed by atoms with Crippen LogP contribution in [-0.4, -0.2) is 18.4 Å². The molecule has 0 aromatic heterocycles. The van der Waals surface area contributed by atoms with Crippen LogP contribution in [0.1, 0.15) is 53.4 Å². The van der Waals surface area contributed by atoms with Gasteiger partial charge in [-0.25, -0.2) is 0 Å². The van der Waals surface area contributed by atoms with Crippen molar-refractivity contribution in [3.05, 3.63) is 0 Å². The lowest BCUT2D eigenvalue weighted by Crippen LogP contribution is -2.52. The largest absolute Gasteiger partial charge is 0.435 e. The predicted octanol–water partition coefficient (Wildman–Crippen LogP) is 3.13. The molecule has 0 spiro atoms. The number of carbonyl (C=O) groups is 1. The highest BCUT2D eigenvalue weighted by atomic mass is 16.7. The van der Waals surface area contributed by atoms with Crippen molar-refractivity contribution in [3.63, 3.8) is 0 Å². The normalized spacial score (nSPS) is 36.5. The molecule has 0 aromatic rings. The van der Waals surface area contributed by atoms with E-state index < -0.39 is 0 Å². The third kappa shape index (κ3) is 2.35. The fourth-order valence-electron chi connectivity index (χ4n) is 3.27. The smallest absolute Gasteiger partial charge is 0.314 e. The molecule has 3 atom stereocenters. The van der Waals surface area contributed by atoms with Gasteiger partial charge in [0.05, 0.1) is 11.5 Å². The molecule has 3 heteroatoms. The van der Waals surface area contributed by atoms with Gasteiger partial charge in [0.15, 0.2) is 0 Å². The topological polar surface area (TPSA) is 35.5 Å². The zero-order valence-corrected chi connectivity index (χ0v) is 11.4. The Hall–Kier alpha value is -0.570. The van der Waals surface area contributed by atoms with Crippen LogP contribution in [0.2, 0.25) is 0 Å². The fraction of sp³-hybridized carbons (Fsp3) is 0.929. The lowest BCUT2D eigenvalue weighted by molar-refractivity contribution is -0.246.